The van der Waals surface area contributed by atoms with Crippen LogP contribution in [-0.4, -0.2) is 50.0 Å². The number of anilines is 1. The lowest BCUT2D eigenvalue weighted by Crippen LogP contribution is -2.54. The first-order valence-electron chi connectivity index (χ1n) is 13.6. The predicted octanol–water partition coefficient (Wildman–Crippen LogP) is 5.25. The molecule has 0 aliphatic heterocycles. The average molecular weight is 600 g/mol. The highest BCUT2D eigenvalue weighted by Gasteiger charge is 2.34. The molecule has 1 aliphatic carbocycles. The van der Waals surface area contributed by atoms with Crippen LogP contribution in [-0.2, 0) is 32.6 Å². The third kappa shape index (κ3) is 8.07. The second-order valence-electron chi connectivity index (χ2n) is 10.5. The molecule has 4 rings (SSSR count). The number of hydrogen-bond acceptors (Lipinski definition) is 4. The summed E-state index contributed by atoms with van der Waals surface area (Å²) in [4.78, 5) is 29.5. The number of aryl methyl sites for hydroxylation is 1. The van der Waals surface area contributed by atoms with E-state index in [9.17, 15) is 22.4 Å². The van der Waals surface area contributed by atoms with Crippen LogP contribution >= 0.6 is 11.6 Å². The molecule has 0 heterocycles. The molecule has 0 bridgehead atoms. The molecule has 1 aliphatic rings. The molecule has 1 N–H and O–H groups in total. The SMILES string of the molecule is Cc1ccccc1CN(C(=O)CN(c1ccc(F)c(Cl)c1)S(C)(=O)=O)[C@H](Cc1ccccc1)C(=O)NC1CCCC1. The van der Waals surface area contributed by atoms with E-state index in [0.29, 0.717) is 0 Å². The van der Waals surface area contributed by atoms with E-state index in [1.807, 2.05) is 61.5 Å². The minimum absolute atomic E-state index is 0.0325. The first-order valence-corrected chi connectivity index (χ1v) is 15.9. The zero-order chi connectivity index (χ0) is 29.6. The van der Waals surface area contributed by atoms with Crippen molar-refractivity contribution in [1.82, 2.24) is 10.2 Å². The summed E-state index contributed by atoms with van der Waals surface area (Å²) in [6, 6.07) is 19.6. The van der Waals surface area contributed by atoms with Gasteiger partial charge in [0.1, 0.15) is 18.4 Å². The van der Waals surface area contributed by atoms with Gasteiger partial charge in [0.25, 0.3) is 0 Å². The number of carbonyl (C=O) groups is 2. The zero-order valence-corrected chi connectivity index (χ0v) is 24.8. The molecule has 3 aromatic rings. The molecular weight excluding hydrogens is 565 g/mol. The van der Waals surface area contributed by atoms with Gasteiger partial charge < -0.3 is 10.2 Å². The Morgan fingerprint density at radius 3 is 2.32 bits per heavy atom. The van der Waals surface area contributed by atoms with E-state index >= 15 is 0 Å². The van der Waals surface area contributed by atoms with Crippen LogP contribution in [0, 0.1) is 12.7 Å². The van der Waals surface area contributed by atoms with Gasteiger partial charge in [-0.25, -0.2) is 12.8 Å². The fourth-order valence-electron chi connectivity index (χ4n) is 5.15. The Kier molecular flexibility index (Phi) is 10.0. The highest BCUT2D eigenvalue weighted by molar-refractivity contribution is 7.92. The monoisotopic (exact) mass is 599 g/mol. The molecule has 1 fully saturated rings. The summed E-state index contributed by atoms with van der Waals surface area (Å²) in [7, 11) is -3.98. The van der Waals surface area contributed by atoms with Gasteiger partial charge in [0, 0.05) is 19.0 Å². The van der Waals surface area contributed by atoms with Crippen molar-refractivity contribution in [2.75, 3.05) is 17.1 Å². The van der Waals surface area contributed by atoms with Crippen LogP contribution in [0.25, 0.3) is 0 Å². The maximum absolute atomic E-state index is 14.1. The first kappa shape index (κ1) is 30.5. The van der Waals surface area contributed by atoms with Crippen molar-refractivity contribution < 1.29 is 22.4 Å². The van der Waals surface area contributed by atoms with Gasteiger partial charge >= 0.3 is 0 Å². The largest absolute Gasteiger partial charge is 0.352 e. The van der Waals surface area contributed by atoms with Crippen LogP contribution in [0.2, 0.25) is 5.02 Å². The van der Waals surface area contributed by atoms with Crippen molar-refractivity contribution in [2.45, 2.75) is 57.7 Å². The van der Waals surface area contributed by atoms with Gasteiger partial charge in [-0.1, -0.05) is 79.0 Å². The third-order valence-corrected chi connectivity index (χ3v) is 8.88. The van der Waals surface area contributed by atoms with Crippen LogP contribution in [0.15, 0.2) is 72.8 Å². The lowest BCUT2D eigenvalue weighted by atomic mass is 10.0. The van der Waals surface area contributed by atoms with Crippen molar-refractivity contribution in [3.63, 3.8) is 0 Å². The summed E-state index contributed by atoms with van der Waals surface area (Å²) < 4.78 is 40.5. The summed E-state index contributed by atoms with van der Waals surface area (Å²) in [5.41, 5.74) is 2.69. The molecular formula is C31H35ClFN3O4S. The average Bonchev–Trinajstić information content (AvgIpc) is 3.44. The molecule has 1 saturated carbocycles. The molecule has 0 radical (unpaired) electrons. The molecule has 218 valence electrons. The maximum Gasteiger partial charge on any atom is 0.244 e. The highest BCUT2D eigenvalue weighted by atomic mass is 35.5. The van der Waals surface area contributed by atoms with Crippen LogP contribution in [0.1, 0.15) is 42.4 Å². The lowest BCUT2D eigenvalue weighted by Gasteiger charge is -2.34. The van der Waals surface area contributed by atoms with Gasteiger partial charge in [-0.15, -0.1) is 0 Å². The second-order valence-corrected chi connectivity index (χ2v) is 12.8. The Morgan fingerprint density at radius 2 is 1.68 bits per heavy atom. The number of nitrogens with zero attached hydrogens (tertiary/aromatic N) is 2. The molecule has 10 heteroatoms. The van der Waals surface area contributed by atoms with E-state index in [2.05, 4.69) is 5.32 Å². The normalized spacial score (nSPS) is 14.4. The fraction of sp³-hybridized carbons (Fsp3) is 0.355. The zero-order valence-electron chi connectivity index (χ0n) is 23.2. The van der Waals surface area contributed by atoms with Gasteiger partial charge in [0.05, 0.1) is 17.0 Å². The first-order chi connectivity index (χ1) is 19.5. The van der Waals surface area contributed by atoms with E-state index in [4.69, 9.17) is 11.6 Å². The summed E-state index contributed by atoms with van der Waals surface area (Å²) in [5, 5.41) is 2.87. The summed E-state index contributed by atoms with van der Waals surface area (Å²) in [6.07, 6.45) is 5.04. The molecule has 41 heavy (non-hydrogen) atoms. The van der Waals surface area contributed by atoms with Gasteiger partial charge in [-0.05, 0) is 54.7 Å². The second kappa shape index (κ2) is 13.5. The summed E-state index contributed by atoms with van der Waals surface area (Å²) in [6.45, 7) is 1.43. The van der Waals surface area contributed by atoms with E-state index < -0.39 is 34.3 Å². The third-order valence-electron chi connectivity index (χ3n) is 7.44. The topological polar surface area (TPSA) is 86.8 Å². The van der Waals surface area contributed by atoms with Gasteiger partial charge in [0.2, 0.25) is 21.8 Å². The molecule has 0 spiro atoms. The van der Waals surface area contributed by atoms with Crippen LogP contribution in [0.3, 0.4) is 0 Å². The molecule has 1 atom stereocenters. The van der Waals surface area contributed by atoms with E-state index in [1.165, 1.54) is 17.0 Å². The van der Waals surface area contributed by atoms with Crippen LogP contribution in [0.4, 0.5) is 10.1 Å². The quantitative estimate of drug-likeness (QED) is 0.326. The molecule has 7 nitrogen and oxygen atoms in total. The minimum atomic E-state index is -3.98. The smallest absolute Gasteiger partial charge is 0.244 e. The summed E-state index contributed by atoms with van der Waals surface area (Å²) >= 11 is 5.95. The number of benzene rings is 3. The number of nitrogens with one attached hydrogen (secondary N) is 1. The number of rotatable bonds is 11. The fourth-order valence-corrected chi connectivity index (χ4v) is 6.16. The van der Waals surface area contributed by atoms with E-state index in [0.717, 1.165) is 59.0 Å². The number of carbonyl (C=O) groups excluding carboxylic acids is 2. The van der Waals surface area contributed by atoms with Crippen LogP contribution in [0.5, 0.6) is 0 Å². The molecule has 0 unspecified atom stereocenters. The Morgan fingerprint density at radius 1 is 1.02 bits per heavy atom. The van der Waals surface area contributed by atoms with Crippen molar-refractivity contribution in [2.24, 2.45) is 0 Å². The molecule has 3 aromatic carbocycles. The van der Waals surface area contributed by atoms with Gasteiger partial charge in [0.15, 0.2) is 0 Å². The Balaban J connectivity index is 1.74. The molecule has 2 amide bonds. The maximum atomic E-state index is 14.1. The summed E-state index contributed by atoms with van der Waals surface area (Å²) in [5.74, 6) is -1.55. The molecule has 0 aromatic heterocycles. The van der Waals surface area contributed by atoms with E-state index in [1.54, 1.807) is 0 Å². The number of sulfonamides is 1. The van der Waals surface area contributed by atoms with E-state index in [-0.39, 0.29) is 35.6 Å². The Labute approximate surface area is 246 Å². The van der Waals surface area contributed by atoms with Gasteiger partial charge in [-0.3, -0.25) is 13.9 Å². The van der Waals surface area contributed by atoms with Crippen molar-refractivity contribution in [3.05, 3.63) is 100 Å². The number of hydrogen-bond donors (Lipinski definition) is 1. The number of amides is 2. The van der Waals surface area contributed by atoms with Gasteiger partial charge in [-0.2, -0.15) is 0 Å². The predicted molar refractivity (Wildman–Crippen MR) is 160 cm³/mol. The minimum Gasteiger partial charge on any atom is -0.352 e. The Hall–Kier alpha value is -3.43. The highest BCUT2D eigenvalue weighted by Crippen LogP contribution is 2.26. The Bertz CT molecular complexity index is 1480. The molecule has 0 saturated heterocycles. The standard InChI is InChI=1S/C31H35ClFN3O4S/c1-22-10-6-7-13-24(22)20-35(30(37)21-36(41(2,39)40)26-16-17-28(33)27(32)19-26)29(18-23-11-4-3-5-12-23)31(38)34-25-14-8-9-15-25/h3-7,10-13,16-17,19,25,29H,8-9,14-15,18,20-21H2,1-2H3,(H,34,38)/t29-/m1/s1. The van der Waals surface area contributed by atoms with Crippen LogP contribution < -0.4 is 9.62 Å². The number of halogens is 2. The van der Waals surface area contributed by atoms with Crippen molar-refractivity contribution in [1.29, 1.82) is 0 Å². The lowest BCUT2D eigenvalue weighted by molar-refractivity contribution is -0.140. The van der Waals surface area contributed by atoms with Crippen molar-refractivity contribution in [3.8, 4) is 0 Å². The van der Waals surface area contributed by atoms with Crippen molar-refractivity contribution >= 4 is 39.1 Å².